The number of nitrogens with zero attached hydrogens (tertiary/aromatic N) is 2. The van der Waals surface area contributed by atoms with Crippen LogP contribution in [-0.2, 0) is 12.8 Å². The molecule has 0 N–H and O–H groups in total. The molecule has 2 heterocycles. The molecule has 3 nitrogen and oxygen atoms in total. The van der Waals surface area contributed by atoms with Crippen molar-refractivity contribution in [1.29, 1.82) is 0 Å². The summed E-state index contributed by atoms with van der Waals surface area (Å²) in [6.45, 7) is 0. The van der Waals surface area contributed by atoms with Crippen molar-refractivity contribution in [2.75, 3.05) is 7.11 Å². The summed E-state index contributed by atoms with van der Waals surface area (Å²) in [6.07, 6.45) is 6.76. The zero-order valence-electron chi connectivity index (χ0n) is 16.7. The molecule has 0 saturated heterocycles. The van der Waals surface area contributed by atoms with Gasteiger partial charge in [0.15, 0.2) is 5.82 Å². The highest BCUT2D eigenvalue weighted by Gasteiger charge is 2.21. The summed E-state index contributed by atoms with van der Waals surface area (Å²) in [5.74, 6) is 1.49. The van der Waals surface area contributed by atoms with Crippen molar-refractivity contribution in [2.45, 2.75) is 25.7 Å². The number of halogens is 1. The fourth-order valence-corrected chi connectivity index (χ4v) is 5.60. The van der Waals surface area contributed by atoms with E-state index in [1.165, 1.54) is 23.3 Å². The maximum atomic E-state index is 6.73. The molecule has 30 heavy (non-hydrogen) atoms. The first-order valence-electron chi connectivity index (χ1n) is 10.1. The van der Waals surface area contributed by atoms with Gasteiger partial charge in [-0.2, -0.15) is 0 Å². The molecular weight excluding hydrogens is 412 g/mol. The van der Waals surface area contributed by atoms with Gasteiger partial charge in [-0.15, -0.1) is 11.3 Å². The highest BCUT2D eigenvalue weighted by molar-refractivity contribution is 7.19. The first-order chi connectivity index (χ1) is 14.7. The topological polar surface area (TPSA) is 35.0 Å². The Kier molecular flexibility index (Phi) is 5.28. The van der Waals surface area contributed by atoms with Crippen molar-refractivity contribution in [3.8, 4) is 5.75 Å². The molecule has 0 fully saturated rings. The molecule has 0 atom stereocenters. The van der Waals surface area contributed by atoms with E-state index in [2.05, 4.69) is 18.2 Å². The molecular formula is C25H21ClN2OS. The molecule has 2 aromatic carbocycles. The highest BCUT2D eigenvalue weighted by Crippen LogP contribution is 2.39. The number of aromatic nitrogens is 2. The normalized spacial score (nSPS) is 14.0. The summed E-state index contributed by atoms with van der Waals surface area (Å²) in [7, 11) is 1.67. The average molecular weight is 433 g/mol. The van der Waals surface area contributed by atoms with E-state index in [1.54, 1.807) is 18.4 Å². The van der Waals surface area contributed by atoms with Gasteiger partial charge in [-0.3, -0.25) is 0 Å². The SMILES string of the molecule is COc1ccc(/C=C(\c2ccccc2)c2nc(Cl)c3c4c(sc3n2)CCCC4)cc1. The largest absolute Gasteiger partial charge is 0.497 e. The summed E-state index contributed by atoms with van der Waals surface area (Å²) in [4.78, 5) is 12.1. The van der Waals surface area contributed by atoms with Crippen LogP contribution in [0.15, 0.2) is 54.6 Å². The number of hydrogen-bond acceptors (Lipinski definition) is 4. The molecule has 0 unspecified atom stereocenters. The summed E-state index contributed by atoms with van der Waals surface area (Å²) < 4.78 is 5.29. The number of fused-ring (bicyclic) bond motifs is 3. The zero-order chi connectivity index (χ0) is 20.5. The highest BCUT2D eigenvalue weighted by atomic mass is 35.5. The second-order valence-corrected chi connectivity index (χ2v) is 8.87. The monoisotopic (exact) mass is 432 g/mol. The third-order valence-corrected chi connectivity index (χ3v) is 6.98. The van der Waals surface area contributed by atoms with E-state index in [-0.39, 0.29) is 0 Å². The van der Waals surface area contributed by atoms with Crippen molar-refractivity contribution in [3.05, 3.63) is 87.1 Å². The van der Waals surface area contributed by atoms with Gasteiger partial charge in [0.2, 0.25) is 0 Å². The minimum Gasteiger partial charge on any atom is -0.497 e. The van der Waals surface area contributed by atoms with Crippen LogP contribution in [0.25, 0.3) is 21.9 Å². The van der Waals surface area contributed by atoms with Gasteiger partial charge in [-0.1, -0.05) is 54.1 Å². The number of ether oxygens (including phenoxy) is 1. The van der Waals surface area contributed by atoms with Crippen molar-refractivity contribution in [2.24, 2.45) is 0 Å². The van der Waals surface area contributed by atoms with Gasteiger partial charge >= 0.3 is 0 Å². The molecule has 150 valence electrons. The predicted molar refractivity (Wildman–Crippen MR) is 125 cm³/mol. The Hall–Kier alpha value is -2.69. The van der Waals surface area contributed by atoms with Crippen LogP contribution in [0.4, 0.5) is 0 Å². The van der Waals surface area contributed by atoms with Crippen LogP contribution in [-0.4, -0.2) is 17.1 Å². The van der Waals surface area contributed by atoms with E-state index in [9.17, 15) is 0 Å². The number of benzene rings is 2. The smallest absolute Gasteiger partial charge is 0.163 e. The Balaban J connectivity index is 1.67. The van der Waals surface area contributed by atoms with E-state index in [0.29, 0.717) is 11.0 Å². The van der Waals surface area contributed by atoms with E-state index in [0.717, 1.165) is 45.5 Å². The Morgan fingerprint density at radius 3 is 2.53 bits per heavy atom. The maximum absolute atomic E-state index is 6.73. The van der Waals surface area contributed by atoms with Gasteiger partial charge < -0.3 is 4.74 Å². The molecule has 0 spiro atoms. The molecule has 0 amide bonds. The Bertz CT molecular complexity index is 1230. The lowest BCUT2D eigenvalue weighted by molar-refractivity contribution is 0.415. The quantitative estimate of drug-likeness (QED) is 0.262. The second-order valence-electron chi connectivity index (χ2n) is 7.43. The van der Waals surface area contributed by atoms with Crippen LogP contribution in [0.1, 0.15) is 40.2 Å². The minimum atomic E-state index is 0.561. The summed E-state index contributed by atoms with van der Waals surface area (Å²) in [5, 5.41) is 1.61. The standard InChI is InChI=1S/C25H21ClN2OS/c1-29-18-13-11-16(12-14-18)15-20(17-7-3-2-4-8-17)24-27-23(26)22-19-9-5-6-10-21(19)30-25(22)28-24/h2-4,7-8,11-15H,5-6,9-10H2,1H3/b20-15+. The molecule has 5 heteroatoms. The first kappa shape index (κ1) is 19.3. The number of methoxy groups -OCH3 is 1. The Labute approximate surface area is 185 Å². The molecule has 0 bridgehead atoms. The maximum Gasteiger partial charge on any atom is 0.163 e. The van der Waals surface area contributed by atoms with Crippen LogP contribution in [0, 0.1) is 0 Å². The summed E-state index contributed by atoms with van der Waals surface area (Å²) >= 11 is 8.50. The van der Waals surface area contributed by atoms with Crippen LogP contribution in [0.2, 0.25) is 5.15 Å². The van der Waals surface area contributed by atoms with E-state index < -0.39 is 0 Å². The van der Waals surface area contributed by atoms with Crippen molar-refractivity contribution >= 4 is 44.8 Å². The first-order valence-corrected chi connectivity index (χ1v) is 11.3. The molecule has 0 radical (unpaired) electrons. The lowest BCUT2D eigenvalue weighted by atomic mass is 9.97. The Morgan fingerprint density at radius 1 is 1.00 bits per heavy atom. The molecule has 0 aliphatic heterocycles. The van der Waals surface area contributed by atoms with Gasteiger partial charge in [-0.25, -0.2) is 9.97 Å². The van der Waals surface area contributed by atoms with Gasteiger partial charge in [-0.05, 0) is 60.6 Å². The third-order valence-electron chi connectivity index (χ3n) is 5.52. The molecule has 1 aliphatic carbocycles. The van der Waals surface area contributed by atoms with Gasteiger partial charge in [0.25, 0.3) is 0 Å². The average Bonchev–Trinajstić information content (AvgIpc) is 3.17. The Morgan fingerprint density at radius 2 is 1.77 bits per heavy atom. The van der Waals surface area contributed by atoms with E-state index in [1.807, 2.05) is 42.5 Å². The van der Waals surface area contributed by atoms with Gasteiger partial charge in [0.1, 0.15) is 15.7 Å². The molecule has 4 aromatic rings. The van der Waals surface area contributed by atoms with Crippen LogP contribution < -0.4 is 4.74 Å². The molecule has 1 aliphatic rings. The summed E-state index contributed by atoms with van der Waals surface area (Å²) in [5.41, 5.74) is 4.43. The van der Waals surface area contributed by atoms with Crippen LogP contribution >= 0.6 is 22.9 Å². The fourth-order valence-electron chi connectivity index (χ4n) is 3.99. The fraction of sp³-hybridized carbons (Fsp3) is 0.200. The van der Waals surface area contributed by atoms with Crippen LogP contribution in [0.5, 0.6) is 5.75 Å². The minimum absolute atomic E-state index is 0.561. The lowest BCUT2D eigenvalue weighted by Crippen LogP contribution is -2.00. The number of rotatable bonds is 4. The predicted octanol–water partition coefficient (Wildman–Crippen LogP) is 6.82. The van der Waals surface area contributed by atoms with Crippen molar-refractivity contribution in [3.63, 3.8) is 0 Å². The molecule has 2 aromatic heterocycles. The zero-order valence-corrected chi connectivity index (χ0v) is 18.3. The second kappa shape index (κ2) is 8.21. The van der Waals surface area contributed by atoms with Crippen molar-refractivity contribution in [1.82, 2.24) is 9.97 Å². The van der Waals surface area contributed by atoms with Crippen molar-refractivity contribution < 1.29 is 4.74 Å². The summed E-state index contributed by atoms with van der Waals surface area (Å²) in [6, 6.07) is 18.2. The van der Waals surface area contributed by atoms with Gasteiger partial charge in [0, 0.05) is 10.5 Å². The van der Waals surface area contributed by atoms with E-state index in [4.69, 9.17) is 26.3 Å². The van der Waals surface area contributed by atoms with Gasteiger partial charge in [0.05, 0.1) is 12.5 Å². The number of thiophene rings is 1. The number of aryl methyl sites for hydroxylation is 2. The molecule has 5 rings (SSSR count). The number of hydrogen-bond donors (Lipinski definition) is 0. The van der Waals surface area contributed by atoms with Crippen LogP contribution in [0.3, 0.4) is 0 Å². The lowest BCUT2D eigenvalue weighted by Gasteiger charge is -2.11. The third kappa shape index (κ3) is 3.62. The molecule has 0 saturated carbocycles. The van der Waals surface area contributed by atoms with E-state index >= 15 is 0 Å².